The first kappa shape index (κ1) is 21.6. The van der Waals surface area contributed by atoms with Gasteiger partial charge in [-0.2, -0.15) is 10.1 Å². The highest BCUT2D eigenvalue weighted by Crippen LogP contribution is 2.33. The van der Waals surface area contributed by atoms with Gasteiger partial charge in [-0.25, -0.2) is 0 Å². The second-order valence-electron chi connectivity index (χ2n) is 7.38. The Morgan fingerprint density at radius 1 is 1.16 bits per heavy atom. The van der Waals surface area contributed by atoms with Crippen molar-refractivity contribution in [2.45, 2.75) is 20.0 Å². The molecule has 4 aromatic rings. The van der Waals surface area contributed by atoms with E-state index in [2.05, 4.69) is 15.4 Å². The van der Waals surface area contributed by atoms with Crippen LogP contribution in [0.3, 0.4) is 0 Å². The molecule has 32 heavy (non-hydrogen) atoms. The highest BCUT2D eigenvalue weighted by molar-refractivity contribution is 6.31. The van der Waals surface area contributed by atoms with Crippen LogP contribution < -0.4 is 14.8 Å². The van der Waals surface area contributed by atoms with E-state index in [1.165, 1.54) is 7.11 Å². The molecule has 0 aliphatic rings. The Bertz CT molecular complexity index is 1290. The summed E-state index contributed by atoms with van der Waals surface area (Å²) in [6, 6.07) is 16.8. The molecule has 2 aromatic carbocycles. The molecule has 0 spiro atoms. The standard InChI is InChI=1S/C24H23ClN4O3/c1-14-22-18(16-8-6-5-7-9-16)13-21(27-23(22)29(3)28-14)32-15(2)24(30)26-19-12-17(25)10-11-20(19)31-4/h5-13,15H,1-4H3,(H,26,30)/t15-/m0/s1. The van der Waals surface area contributed by atoms with Crippen molar-refractivity contribution < 1.29 is 14.3 Å². The third kappa shape index (κ3) is 4.24. The van der Waals surface area contributed by atoms with Crippen molar-refractivity contribution in [3.63, 3.8) is 0 Å². The highest BCUT2D eigenvalue weighted by atomic mass is 35.5. The average molecular weight is 451 g/mol. The van der Waals surface area contributed by atoms with E-state index >= 15 is 0 Å². The number of pyridine rings is 1. The molecular weight excluding hydrogens is 428 g/mol. The maximum absolute atomic E-state index is 12.8. The van der Waals surface area contributed by atoms with Gasteiger partial charge in [-0.15, -0.1) is 0 Å². The molecule has 4 rings (SSSR count). The molecule has 0 bridgehead atoms. The van der Waals surface area contributed by atoms with Gasteiger partial charge in [0.15, 0.2) is 11.8 Å². The second kappa shape index (κ2) is 8.88. The van der Waals surface area contributed by atoms with Gasteiger partial charge >= 0.3 is 0 Å². The number of nitrogens with one attached hydrogen (secondary N) is 1. The summed E-state index contributed by atoms with van der Waals surface area (Å²) < 4.78 is 13.0. The minimum absolute atomic E-state index is 0.333. The lowest BCUT2D eigenvalue weighted by Crippen LogP contribution is -2.30. The van der Waals surface area contributed by atoms with Crippen LogP contribution in [0, 0.1) is 6.92 Å². The third-order valence-corrected chi connectivity index (χ3v) is 5.35. The predicted octanol–water partition coefficient (Wildman–Crippen LogP) is 5.01. The van der Waals surface area contributed by atoms with E-state index in [0.717, 1.165) is 22.2 Å². The van der Waals surface area contributed by atoms with Crippen LogP contribution in [0.25, 0.3) is 22.2 Å². The first-order valence-electron chi connectivity index (χ1n) is 10.1. The van der Waals surface area contributed by atoms with Crippen LogP contribution in [0.15, 0.2) is 54.6 Å². The summed E-state index contributed by atoms with van der Waals surface area (Å²) in [4.78, 5) is 17.4. The molecule has 7 nitrogen and oxygen atoms in total. The van der Waals surface area contributed by atoms with E-state index in [1.807, 2.05) is 50.4 Å². The number of methoxy groups -OCH3 is 1. The van der Waals surface area contributed by atoms with Gasteiger partial charge in [-0.05, 0) is 43.2 Å². The average Bonchev–Trinajstić information content (AvgIpc) is 3.07. The number of carbonyl (C=O) groups excluding carboxylic acids is 1. The molecule has 1 N–H and O–H groups in total. The van der Waals surface area contributed by atoms with Gasteiger partial charge in [0.1, 0.15) is 5.75 Å². The molecule has 0 saturated heterocycles. The Balaban J connectivity index is 1.65. The summed E-state index contributed by atoms with van der Waals surface area (Å²) >= 11 is 6.06. The molecule has 0 aliphatic carbocycles. The van der Waals surface area contributed by atoms with Crippen molar-refractivity contribution in [1.29, 1.82) is 0 Å². The molecule has 0 unspecified atom stereocenters. The maximum Gasteiger partial charge on any atom is 0.265 e. The normalized spacial score (nSPS) is 11.9. The number of amides is 1. The summed E-state index contributed by atoms with van der Waals surface area (Å²) in [5.74, 6) is 0.487. The molecule has 2 heterocycles. The molecular formula is C24H23ClN4O3. The number of benzene rings is 2. The number of aromatic nitrogens is 3. The molecule has 0 fully saturated rings. The van der Waals surface area contributed by atoms with Gasteiger partial charge in [0.05, 0.1) is 23.9 Å². The van der Waals surface area contributed by atoms with Crippen molar-refractivity contribution in [2.75, 3.05) is 12.4 Å². The SMILES string of the molecule is COc1ccc(Cl)cc1NC(=O)[C@H](C)Oc1cc(-c2ccccc2)c2c(C)nn(C)c2n1. The van der Waals surface area contributed by atoms with Crippen molar-refractivity contribution >= 4 is 34.2 Å². The Kier molecular flexibility index (Phi) is 6.01. The minimum Gasteiger partial charge on any atom is -0.495 e. The Hall–Kier alpha value is -3.58. The van der Waals surface area contributed by atoms with Crippen molar-refractivity contribution in [2.24, 2.45) is 7.05 Å². The summed E-state index contributed by atoms with van der Waals surface area (Å²) in [5, 5.41) is 8.75. The quantitative estimate of drug-likeness (QED) is 0.446. The molecule has 0 saturated carbocycles. The topological polar surface area (TPSA) is 78.3 Å². The van der Waals surface area contributed by atoms with Gasteiger partial charge < -0.3 is 14.8 Å². The Labute approximate surface area is 190 Å². The lowest BCUT2D eigenvalue weighted by molar-refractivity contribution is -0.122. The zero-order chi connectivity index (χ0) is 22.8. The number of aryl methyl sites for hydroxylation is 2. The van der Waals surface area contributed by atoms with Gasteiger partial charge in [-0.3, -0.25) is 9.48 Å². The van der Waals surface area contributed by atoms with Crippen molar-refractivity contribution in [3.8, 4) is 22.8 Å². The first-order chi connectivity index (χ1) is 15.4. The summed E-state index contributed by atoms with van der Waals surface area (Å²) in [5.41, 5.74) is 3.99. The van der Waals surface area contributed by atoms with E-state index in [-0.39, 0.29) is 5.91 Å². The smallest absolute Gasteiger partial charge is 0.265 e. The van der Waals surface area contributed by atoms with Gasteiger partial charge in [0, 0.05) is 18.1 Å². The molecule has 2 aromatic heterocycles. The first-order valence-corrected chi connectivity index (χ1v) is 10.5. The van der Waals surface area contributed by atoms with Crippen LogP contribution >= 0.6 is 11.6 Å². The minimum atomic E-state index is -0.818. The number of hydrogen-bond donors (Lipinski definition) is 1. The monoisotopic (exact) mass is 450 g/mol. The van der Waals surface area contributed by atoms with E-state index in [4.69, 9.17) is 21.1 Å². The molecule has 8 heteroatoms. The van der Waals surface area contributed by atoms with Gasteiger partial charge in [0.25, 0.3) is 5.91 Å². The number of hydrogen-bond acceptors (Lipinski definition) is 5. The molecule has 0 radical (unpaired) electrons. The molecule has 1 atom stereocenters. The number of carbonyl (C=O) groups is 1. The lowest BCUT2D eigenvalue weighted by Gasteiger charge is -2.17. The predicted molar refractivity (Wildman–Crippen MR) is 125 cm³/mol. The lowest BCUT2D eigenvalue weighted by atomic mass is 10.0. The fourth-order valence-corrected chi connectivity index (χ4v) is 3.75. The number of fused-ring (bicyclic) bond motifs is 1. The summed E-state index contributed by atoms with van der Waals surface area (Å²) in [6.45, 7) is 3.61. The van der Waals surface area contributed by atoms with E-state index in [0.29, 0.717) is 28.0 Å². The van der Waals surface area contributed by atoms with E-state index in [1.54, 1.807) is 29.8 Å². The van der Waals surface area contributed by atoms with Crippen LogP contribution in [0.2, 0.25) is 5.02 Å². The highest BCUT2D eigenvalue weighted by Gasteiger charge is 2.20. The fourth-order valence-electron chi connectivity index (χ4n) is 3.57. The van der Waals surface area contributed by atoms with Crippen LogP contribution in [0.1, 0.15) is 12.6 Å². The van der Waals surface area contributed by atoms with Crippen molar-refractivity contribution in [1.82, 2.24) is 14.8 Å². The summed E-state index contributed by atoms with van der Waals surface area (Å²) in [6.07, 6.45) is -0.818. The van der Waals surface area contributed by atoms with Crippen LogP contribution in [0.5, 0.6) is 11.6 Å². The van der Waals surface area contributed by atoms with E-state index < -0.39 is 6.10 Å². The number of nitrogens with zero attached hydrogens (tertiary/aromatic N) is 3. The van der Waals surface area contributed by atoms with Crippen molar-refractivity contribution in [3.05, 3.63) is 65.3 Å². The zero-order valence-electron chi connectivity index (χ0n) is 18.2. The number of rotatable bonds is 6. The van der Waals surface area contributed by atoms with Crippen LogP contribution in [-0.4, -0.2) is 33.9 Å². The number of anilines is 1. The second-order valence-corrected chi connectivity index (χ2v) is 7.81. The van der Waals surface area contributed by atoms with E-state index in [9.17, 15) is 4.79 Å². The van der Waals surface area contributed by atoms with Crippen LogP contribution in [0.4, 0.5) is 5.69 Å². The molecule has 164 valence electrons. The largest absolute Gasteiger partial charge is 0.495 e. The third-order valence-electron chi connectivity index (χ3n) is 5.12. The van der Waals surface area contributed by atoms with Gasteiger partial charge in [0.2, 0.25) is 5.88 Å². The number of halogens is 1. The Morgan fingerprint density at radius 3 is 2.62 bits per heavy atom. The molecule has 0 aliphatic heterocycles. The fraction of sp³-hybridized carbons (Fsp3) is 0.208. The summed E-state index contributed by atoms with van der Waals surface area (Å²) in [7, 11) is 3.36. The number of ether oxygens (including phenoxy) is 2. The van der Waals surface area contributed by atoms with Crippen LogP contribution in [-0.2, 0) is 11.8 Å². The Morgan fingerprint density at radius 2 is 1.91 bits per heavy atom. The maximum atomic E-state index is 12.8. The zero-order valence-corrected chi connectivity index (χ0v) is 19.0. The molecule has 1 amide bonds. The van der Waals surface area contributed by atoms with Gasteiger partial charge in [-0.1, -0.05) is 41.9 Å².